The van der Waals surface area contributed by atoms with Crippen LogP contribution in [0.4, 0.5) is 26.5 Å². The molecule has 5 rings (SSSR count). The van der Waals surface area contributed by atoms with E-state index in [1.54, 1.807) is 18.5 Å². The lowest BCUT2D eigenvalue weighted by Crippen LogP contribution is -2.45. The largest absolute Gasteiger partial charge is 0.486 e. The molecule has 11 heteroatoms. The number of hydrogen-bond acceptors (Lipinski definition) is 6. The molecular formula is C26H25ClFN5O4. The van der Waals surface area contributed by atoms with Crippen molar-refractivity contribution in [1.82, 2.24) is 9.97 Å². The molecule has 2 unspecified atom stereocenters. The molecule has 2 aromatic carbocycles. The molecule has 3 heterocycles. The Labute approximate surface area is 217 Å². The molecule has 0 spiro atoms. The Kier molecular flexibility index (Phi) is 6.84. The van der Waals surface area contributed by atoms with Gasteiger partial charge in [-0.1, -0.05) is 24.6 Å². The molecule has 2 atom stereocenters. The third-order valence-corrected chi connectivity index (χ3v) is 6.83. The first-order valence-electron chi connectivity index (χ1n) is 12.0. The van der Waals surface area contributed by atoms with Crippen LogP contribution in [0.15, 0.2) is 48.8 Å². The van der Waals surface area contributed by atoms with Crippen LogP contribution in [0, 0.1) is 11.7 Å². The standard InChI is InChI=1S/C26H25ClFN5O4/c1-2-19-14-33(26(36)31-21-5-4-18(27)10-20(21)28)22-6-3-15(9-23(22)37-19)17-11-29-25(30-12-17)32-8-7-16(13-32)24(34)35/h3-6,9-12,16,19H,2,7-8,13-14H2,1H3,(H,31,36)(H,34,35). The fourth-order valence-corrected chi connectivity index (χ4v) is 4.64. The minimum atomic E-state index is -0.806. The molecule has 0 aliphatic carbocycles. The molecule has 1 aromatic heterocycles. The van der Waals surface area contributed by atoms with E-state index in [1.165, 1.54) is 17.0 Å². The molecule has 0 bridgehead atoms. The van der Waals surface area contributed by atoms with E-state index in [-0.39, 0.29) is 16.8 Å². The first-order valence-corrected chi connectivity index (χ1v) is 12.3. The zero-order valence-corrected chi connectivity index (χ0v) is 20.8. The van der Waals surface area contributed by atoms with Crippen molar-refractivity contribution in [2.75, 3.05) is 34.8 Å². The Hall–Kier alpha value is -3.92. The smallest absolute Gasteiger partial charge is 0.326 e. The van der Waals surface area contributed by atoms with Crippen molar-refractivity contribution in [2.24, 2.45) is 5.92 Å². The van der Waals surface area contributed by atoms with Gasteiger partial charge >= 0.3 is 12.0 Å². The predicted octanol–water partition coefficient (Wildman–Crippen LogP) is 5.06. The molecule has 0 radical (unpaired) electrons. The molecule has 0 saturated carbocycles. The van der Waals surface area contributed by atoms with Crippen LogP contribution in [0.1, 0.15) is 19.8 Å². The highest BCUT2D eigenvalue weighted by molar-refractivity contribution is 6.30. The van der Waals surface area contributed by atoms with Crippen molar-refractivity contribution in [1.29, 1.82) is 0 Å². The van der Waals surface area contributed by atoms with Gasteiger partial charge in [-0.15, -0.1) is 0 Å². The number of carboxylic acids is 1. The number of carbonyl (C=O) groups is 2. The van der Waals surface area contributed by atoms with Gasteiger partial charge < -0.3 is 20.1 Å². The molecule has 2 amide bonds. The summed E-state index contributed by atoms with van der Waals surface area (Å²) in [4.78, 5) is 36.6. The molecule has 3 aromatic rings. The van der Waals surface area contributed by atoms with Crippen LogP contribution in [0.3, 0.4) is 0 Å². The van der Waals surface area contributed by atoms with Gasteiger partial charge in [-0.25, -0.2) is 19.2 Å². The second kappa shape index (κ2) is 10.2. The quantitative estimate of drug-likeness (QED) is 0.479. The lowest BCUT2D eigenvalue weighted by molar-refractivity contribution is -0.140. The minimum Gasteiger partial charge on any atom is -0.486 e. The number of ether oxygens (including phenoxy) is 1. The zero-order chi connectivity index (χ0) is 26.1. The maximum atomic E-state index is 14.3. The SMILES string of the molecule is CCC1CN(C(=O)Nc2ccc(Cl)cc2F)c2ccc(-c3cnc(N4CCC(C(=O)O)C4)nc3)cc2O1. The third-order valence-electron chi connectivity index (χ3n) is 6.60. The van der Waals surface area contributed by atoms with Crippen LogP contribution in [-0.2, 0) is 4.79 Å². The van der Waals surface area contributed by atoms with Crippen molar-refractivity contribution in [3.8, 4) is 16.9 Å². The number of halogens is 2. The number of benzene rings is 2. The molecule has 2 aliphatic rings. The molecule has 37 heavy (non-hydrogen) atoms. The number of rotatable bonds is 5. The van der Waals surface area contributed by atoms with Gasteiger partial charge in [0.05, 0.1) is 23.8 Å². The number of nitrogens with one attached hydrogen (secondary N) is 1. The van der Waals surface area contributed by atoms with Crippen LogP contribution in [0.2, 0.25) is 5.02 Å². The maximum Gasteiger partial charge on any atom is 0.326 e. The highest BCUT2D eigenvalue weighted by Crippen LogP contribution is 2.38. The van der Waals surface area contributed by atoms with E-state index in [9.17, 15) is 19.1 Å². The highest BCUT2D eigenvalue weighted by atomic mass is 35.5. The predicted molar refractivity (Wildman–Crippen MR) is 138 cm³/mol. The van der Waals surface area contributed by atoms with E-state index >= 15 is 0 Å². The Morgan fingerprint density at radius 1 is 1.16 bits per heavy atom. The summed E-state index contributed by atoms with van der Waals surface area (Å²) in [5.74, 6) is -0.823. The van der Waals surface area contributed by atoms with E-state index in [0.29, 0.717) is 49.9 Å². The van der Waals surface area contributed by atoms with E-state index in [2.05, 4.69) is 15.3 Å². The number of carbonyl (C=O) groups excluding carboxylic acids is 1. The van der Waals surface area contributed by atoms with E-state index in [0.717, 1.165) is 17.2 Å². The summed E-state index contributed by atoms with van der Waals surface area (Å²) >= 11 is 5.82. The van der Waals surface area contributed by atoms with Crippen LogP contribution < -0.4 is 19.9 Å². The number of anilines is 3. The topological polar surface area (TPSA) is 108 Å². The molecule has 192 valence electrons. The summed E-state index contributed by atoms with van der Waals surface area (Å²) in [5, 5.41) is 12.1. The normalized spacial score (nSPS) is 18.8. The second-order valence-electron chi connectivity index (χ2n) is 9.04. The van der Waals surface area contributed by atoms with Crippen molar-refractivity contribution in [2.45, 2.75) is 25.9 Å². The van der Waals surface area contributed by atoms with Gasteiger partial charge in [0, 0.05) is 36.1 Å². The van der Waals surface area contributed by atoms with Gasteiger partial charge in [0.25, 0.3) is 0 Å². The Balaban J connectivity index is 1.36. The number of urea groups is 1. The lowest BCUT2D eigenvalue weighted by atomic mass is 10.1. The maximum absolute atomic E-state index is 14.3. The van der Waals surface area contributed by atoms with Crippen molar-refractivity contribution in [3.63, 3.8) is 0 Å². The molecule has 2 aliphatic heterocycles. The average molecular weight is 526 g/mol. The third kappa shape index (κ3) is 5.15. The second-order valence-corrected chi connectivity index (χ2v) is 9.47. The van der Waals surface area contributed by atoms with Crippen LogP contribution in [0.25, 0.3) is 11.1 Å². The van der Waals surface area contributed by atoms with Gasteiger partial charge in [-0.3, -0.25) is 9.69 Å². The molecule has 9 nitrogen and oxygen atoms in total. The Bertz CT molecular complexity index is 1340. The number of nitrogens with zero attached hydrogens (tertiary/aromatic N) is 4. The molecule has 2 N–H and O–H groups in total. The van der Waals surface area contributed by atoms with Crippen LogP contribution in [-0.4, -0.2) is 52.8 Å². The lowest BCUT2D eigenvalue weighted by Gasteiger charge is -2.34. The van der Waals surface area contributed by atoms with Gasteiger partial charge in [0.2, 0.25) is 5.95 Å². The fourth-order valence-electron chi connectivity index (χ4n) is 4.49. The highest BCUT2D eigenvalue weighted by Gasteiger charge is 2.31. The van der Waals surface area contributed by atoms with E-state index < -0.39 is 23.7 Å². The molecule has 1 fully saturated rings. The Morgan fingerprint density at radius 2 is 1.95 bits per heavy atom. The number of aromatic nitrogens is 2. The summed E-state index contributed by atoms with van der Waals surface area (Å²) in [6.45, 7) is 3.26. The Morgan fingerprint density at radius 3 is 2.62 bits per heavy atom. The molecular weight excluding hydrogens is 501 g/mol. The summed E-state index contributed by atoms with van der Waals surface area (Å²) in [6.07, 6.45) is 4.38. The van der Waals surface area contributed by atoms with Gasteiger partial charge in [0.1, 0.15) is 17.7 Å². The number of fused-ring (bicyclic) bond motifs is 1. The minimum absolute atomic E-state index is 0.0389. The van der Waals surface area contributed by atoms with E-state index in [1.807, 2.05) is 24.0 Å². The number of aliphatic carboxylic acids is 1. The monoisotopic (exact) mass is 525 g/mol. The van der Waals surface area contributed by atoms with Crippen LogP contribution in [0.5, 0.6) is 5.75 Å². The average Bonchev–Trinajstić information content (AvgIpc) is 3.40. The summed E-state index contributed by atoms with van der Waals surface area (Å²) in [7, 11) is 0. The summed E-state index contributed by atoms with van der Waals surface area (Å²) < 4.78 is 20.4. The summed E-state index contributed by atoms with van der Waals surface area (Å²) in [6, 6.07) is 9.05. The van der Waals surface area contributed by atoms with E-state index in [4.69, 9.17) is 16.3 Å². The van der Waals surface area contributed by atoms with Crippen molar-refractivity contribution < 1.29 is 23.8 Å². The van der Waals surface area contributed by atoms with Gasteiger partial charge in [-0.2, -0.15) is 0 Å². The van der Waals surface area contributed by atoms with Crippen molar-refractivity contribution in [3.05, 3.63) is 59.6 Å². The number of hydrogen-bond donors (Lipinski definition) is 2. The zero-order valence-electron chi connectivity index (χ0n) is 20.0. The van der Waals surface area contributed by atoms with Gasteiger partial charge in [0.15, 0.2) is 0 Å². The fraction of sp³-hybridized carbons (Fsp3) is 0.308. The molecule has 1 saturated heterocycles. The van der Waals surface area contributed by atoms with Crippen LogP contribution >= 0.6 is 11.6 Å². The van der Waals surface area contributed by atoms with Crippen molar-refractivity contribution >= 4 is 40.9 Å². The number of amides is 2. The van der Waals surface area contributed by atoms with Gasteiger partial charge in [-0.05, 0) is 48.7 Å². The number of carboxylic acid groups (broad SMARTS) is 1. The first-order chi connectivity index (χ1) is 17.8. The first kappa shape index (κ1) is 24.8. The summed E-state index contributed by atoms with van der Waals surface area (Å²) in [5.41, 5.74) is 2.16.